The number of nitrogens with zero attached hydrogens (tertiary/aromatic N) is 1. The summed E-state index contributed by atoms with van der Waals surface area (Å²) in [4.78, 5) is 23.5. The number of amides is 2. The third-order valence-electron chi connectivity index (χ3n) is 3.60. The van der Waals surface area contributed by atoms with Crippen molar-refractivity contribution in [3.8, 4) is 11.5 Å². The van der Waals surface area contributed by atoms with Gasteiger partial charge in [0, 0.05) is 19.4 Å². The first-order chi connectivity index (χ1) is 13.1. The normalized spacial score (nSPS) is 10.6. The smallest absolute Gasteiger partial charge is 0.240 e. The molecule has 0 fully saturated rings. The van der Waals surface area contributed by atoms with Gasteiger partial charge in [0.1, 0.15) is 0 Å². The number of hydrogen-bond donors (Lipinski definition) is 3. The van der Waals surface area contributed by atoms with E-state index in [1.165, 1.54) is 12.3 Å². The number of carbonyl (C=O) groups excluding carboxylic acids is 2. The first-order valence-electron chi connectivity index (χ1n) is 8.67. The SMILES string of the molecule is CCOc1cc(C=NNC(=O)CCC(=O)NCc2ccccc2)ccc1O. The van der Waals surface area contributed by atoms with Crippen LogP contribution in [-0.2, 0) is 16.1 Å². The van der Waals surface area contributed by atoms with Crippen LogP contribution in [0, 0.1) is 0 Å². The maximum Gasteiger partial charge on any atom is 0.240 e. The number of phenolic OH excluding ortho intramolecular Hbond substituents is 1. The van der Waals surface area contributed by atoms with Crippen molar-refractivity contribution in [1.29, 1.82) is 0 Å². The minimum atomic E-state index is -0.357. The molecule has 0 bridgehead atoms. The highest BCUT2D eigenvalue weighted by Gasteiger charge is 2.06. The lowest BCUT2D eigenvalue weighted by molar-refractivity contribution is -0.126. The largest absolute Gasteiger partial charge is 0.504 e. The number of hydrazone groups is 1. The van der Waals surface area contributed by atoms with Crippen LogP contribution in [0.15, 0.2) is 53.6 Å². The standard InChI is InChI=1S/C20H23N3O4/c1-2-27-18-12-16(8-9-17(18)24)14-22-23-20(26)11-10-19(25)21-13-15-6-4-3-5-7-15/h3-9,12,14,24H,2,10-11,13H2,1H3,(H,21,25)(H,23,26). The van der Waals surface area contributed by atoms with Crippen molar-refractivity contribution in [1.82, 2.24) is 10.7 Å². The quantitative estimate of drug-likeness (QED) is 0.466. The number of carbonyl (C=O) groups is 2. The van der Waals surface area contributed by atoms with E-state index in [-0.39, 0.29) is 30.4 Å². The molecule has 0 aliphatic carbocycles. The zero-order valence-corrected chi connectivity index (χ0v) is 15.1. The monoisotopic (exact) mass is 369 g/mol. The lowest BCUT2D eigenvalue weighted by Crippen LogP contribution is -2.25. The van der Waals surface area contributed by atoms with Gasteiger partial charge in [0.25, 0.3) is 0 Å². The van der Waals surface area contributed by atoms with E-state index in [0.717, 1.165) is 5.56 Å². The number of rotatable bonds is 9. The van der Waals surface area contributed by atoms with E-state index in [0.29, 0.717) is 24.5 Å². The second kappa shape index (κ2) is 10.6. The molecule has 0 saturated carbocycles. The Kier molecular flexibility index (Phi) is 7.84. The van der Waals surface area contributed by atoms with Gasteiger partial charge in [-0.1, -0.05) is 30.3 Å². The molecule has 0 radical (unpaired) electrons. The summed E-state index contributed by atoms with van der Waals surface area (Å²) >= 11 is 0. The maximum atomic E-state index is 11.8. The molecule has 0 aliphatic rings. The summed E-state index contributed by atoms with van der Waals surface area (Å²) in [5.74, 6) is -0.162. The molecule has 2 aromatic rings. The average Bonchev–Trinajstić information content (AvgIpc) is 2.68. The molecule has 0 heterocycles. The molecule has 27 heavy (non-hydrogen) atoms. The van der Waals surface area contributed by atoms with E-state index < -0.39 is 0 Å². The van der Waals surface area contributed by atoms with Crippen molar-refractivity contribution < 1.29 is 19.4 Å². The van der Waals surface area contributed by atoms with Crippen LogP contribution in [-0.4, -0.2) is 29.7 Å². The summed E-state index contributed by atoms with van der Waals surface area (Å²) in [6.45, 7) is 2.68. The van der Waals surface area contributed by atoms with Crippen molar-refractivity contribution in [3.63, 3.8) is 0 Å². The lowest BCUT2D eigenvalue weighted by atomic mass is 10.2. The van der Waals surface area contributed by atoms with Crippen LogP contribution in [0.5, 0.6) is 11.5 Å². The molecular formula is C20H23N3O4. The summed E-state index contributed by atoms with van der Waals surface area (Å²) in [5.41, 5.74) is 4.04. The summed E-state index contributed by atoms with van der Waals surface area (Å²) in [5, 5.41) is 16.3. The third kappa shape index (κ3) is 7.19. The number of ether oxygens (including phenoxy) is 1. The molecule has 0 saturated heterocycles. The molecule has 0 aromatic heterocycles. The second-order valence-electron chi connectivity index (χ2n) is 5.72. The van der Waals surface area contributed by atoms with Gasteiger partial charge < -0.3 is 15.2 Å². The Morgan fingerprint density at radius 2 is 1.85 bits per heavy atom. The van der Waals surface area contributed by atoms with Crippen molar-refractivity contribution in [2.24, 2.45) is 5.10 Å². The number of hydrogen-bond acceptors (Lipinski definition) is 5. The fourth-order valence-electron chi connectivity index (χ4n) is 2.23. The number of aromatic hydroxyl groups is 1. The molecule has 0 atom stereocenters. The molecule has 142 valence electrons. The minimum Gasteiger partial charge on any atom is -0.504 e. The van der Waals surface area contributed by atoms with E-state index in [2.05, 4.69) is 15.8 Å². The van der Waals surface area contributed by atoms with Gasteiger partial charge in [0.15, 0.2) is 11.5 Å². The van der Waals surface area contributed by atoms with Gasteiger partial charge in [-0.3, -0.25) is 9.59 Å². The van der Waals surface area contributed by atoms with Crippen molar-refractivity contribution >= 4 is 18.0 Å². The summed E-state index contributed by atoms with van der Waals surface area (Å²) < 4.78 is 5.28. The Labute approximate surface area is 158 Å². The highest BCUT2D eigenvalue weighted by atomic mass is 16.5. The minimum absolute atomic E-state index is 0.0394. The second-order valence-corrected chi connectivity index (χ2v) is 5.72. The Balaban J connectivity index is 1.71. The highest BCUT2D eigenvalue weighted by Crippen LogP contribution is 2.26. The molecular weight excluding hydrogens is 346 g/mol. The molecule has 0 aliphatic heterocycles. The van der Waals surface area contributed by atoms with E-state index in [9.17, 15) is 14.7 Å². The van der Waals surface area contributed by atoms with E-state index in [4.69, 9.17) is 4.74 Å². The maximum absolute atomic E-state index is 11.8. The molecule has 2 aromatic carbocycles. The van der Waals surface area contributed by atoms with Crippen LogP contribution in [0.4, 0.5) is 0 Å². The van der Waals surface area contributed by atoms with Gasteiger partial charge in [-0.15, -0.1) is 0 Å². The molecule has 2 amide bonds. The Morgan fingerprint density at radius 3 is 2.59 bits per heavy atom. The fraction of sp³-hybridized carbons (Fsp3) is 0.250. The molecule has 7 nitrogen and oxygen atoms in total. The van der Waals surface area contributed by atoms with Crippen molar-refractivity contribution in [2.45, 2.75) is 26.3 Å². The van der Waals surface area contributed by atoms with Gasteiger partial charge in [-0.25, -0.2) is 5.43 Å². The Bertz CT molecular complexity index is 791. The number of benzene rings is 2. The van der Waals surface area contributed by atoms with Crippen LogP contribution in [0.25, 0.3) is 0 Å². The van der Waals surface area contributed by atoms with Gasteiger partial charge in [-0.05, 0) is 36.2 Å². The molecule has 2 rings (SSSR count). The van der Waals surface area contributed by atoms with Crippen LogP contribution in [0.1, 0.15) is 30.9 Å². The number of nitrogens with one attached hydrogen (secondary N) is 2. The number of phenols is 1. The Hall–Kier alpha value is -3.35. The lowest BCUT2D eigenvalue weighted by Gasteiger charge is -2.06. The molecule has 0 spiro atoms. The first-order valence-corrected chi connectivity index (χ1v) is 8.67. The topological polar surface area (TPSA) is 100 Å². The average molecular weight is 369 g/mol. The van der Waals surface area contributed by atoms with Gasteiger partial charge in [-0.2, -0.15) is 5.10 Å². The molecule has 0 unspecified atom stereocenters. The van der Waals surface area contributed by atoms with Crippen LogP contribution in [0.2, 0.25) is 0 Å². The first kappa shape index (κ1) is 20.0. The van der Waals surface area contributed by atoms with Crippen LogP contribution < -0.4 is 15.5 Å². The van der Waals surface area contributed by atoms with E-state index in [1.807, 2.05) is 37.3 Å². The van der Waals surface area contributed by atoms with Crippen molar-refractivity contribution in [3.05, 3.63) is 59.7 Å². The van der Waals surface area contributed by atoms with Gasteiger partial charge in [0.2, 0.25) is 11.8 Å². The summed E-state index contributed by atoms with van der Waals surface area (Å²) in [7, 11) is 0. The van der Waals surface area contributed by atoms with Crippen LogP contribution in [0.3, 0.4) is 0 Å². The molecule has 7 heteroatoms. The Morgan fingerprint density at radius 1 is 1.11 bits per heavy atom. The summed E-state index contributed by atoms with van der Waals surface area (Å²) in [6.07, 6.45) is 1.56. The highest BCUT2D eigenvalue weighted by molar-refractivity contribution is 5.85. The fourth-order valence-corrected chi connectivity index (χ4v) is 2.23. The van der Waals surface area contributed by atoms with Crippen molar-refractivity contribution in [2.75, 3.05) is 6.61 Å². The van der Waals surface area contributed by atoms with E-state index in [1.54, 1.807) is 12.1 Å². The third-order valence-corrected chi connectivity index (χ3v) is 3.60. The van der Waals surface area contributed by atoms with Crippen LogP contribution >= 0.6 is 0 Å². The summed E-state index contributed by atoms with van der Waals surface area (Å²) in [6, 6.07) is 14.3. The predicted octanol–water partition coefficient (Wildman–Crippen LogP) is 2.34. The molecule has 3 N–H and O–H groups in total. The van der Waals surface area contributed by atoms with Gasteiger partial charge >= 0.3 is 0 Å². The zero-order chi connectivity index (χ0) is 19.5. The zero-order valence-electron chi connectivity index (χ0n) is 15.1. The predicted molar refractivity (Wildman–Crippen MR) is 103 cm³/mol. The van der Waals surface area contributed by atoms with E-state index >= 15 is 0 Å². The van der Waals surface area contributed by atoms with Gasteiger partial charge in [0.05, 0.1) is 12.8 Å².